The van der Waals surface area contributed by atoms with E-state index in [0.29, 0.717) is 11.3 Å². The first-order valence-electron chi connectivity index (χ1n) is 10.8. The second-order valence-electron chi connectivity index (χ2n) is 8.43. The van der Waals surface area contributed by atoms with Crippen LogP contribution in [0.2, 0.25) is 0 Å². The Morgan fingerprint density at radius 2 is 1.82 bits per heavy atom. The molecule has 0 saturated heterocycles. The number of carbonyl (C=O) groups excluding carboxylic acids is 2. The van der Waals surface area contributed by atoms with Gasteiger partial charge in [-0.1, -0.05) is 48.5 Å². The van der Waals surface area contributed by atoms with Gasteiger partial charge >= 0.3 is 0 Å². The van der Waals surface area contributed by atoms with Crippen LogP contribution in [0.15, 0.2) is 72.8 Å². The van der Waals surface area contributed by atoms with Crippen molar-refractivity contribution in [2.24, 2.45) is 5.92 Å². The van der Waals surface area contributed by atoms with Crippen molar-refractivity contribution in [3.63, 3.8) is 0 Å². The number of benzene rings is 3. The van der Waals surface area contributed by atoms with E-state index in [9.17, 15) is 14.7 Å². The van der Waals surface area contributed by atoms with E-state index in [1.54, 1.807) is 6.07 Å². The standard InChI is InChI=1S/C27H24N2O3.Ac/c1-16(31)21-11-20(28-27(32)24-13-22(24)18-7-3-2-4-8-18)12-26-23(21)14-25(29-26)19-9-5-6-17(10-19)15-30;/h2-12,14,22,24,29-30H,13,15H2,1H3,(H,28,32);. The molecule has 1 radical (unpaired) electrons. The van der Waals surface area contributed by atoms with Crippen molar-refractivity contribution in [2.45, 2.75) is 25.9 Å². The molecule has 5 nitrogen and oxygen atoms in total. The third-order valence-electron chi connectivity index (χ3n) is 6.16. The zero-order valence-corrected chi connectivity index (χ0v) is 23.1. The molecule has 1 amide bonds. The van der Waals surface area contributed by atoms with E-state index in [1.807, 2.05) is 54.6 Å². The number of Topliss-reactive ketones (excluding diaryl/α,β-unsaturated/α-hetero) is 1. The van der Waals surface area contributed by atoms with Crippen LogP contribution in [-0.4, -0.2) is 21.8 Å². The molecule has 1 saturated carbocycles. The molecule has 1 aromatic heterocycles. The van der Waals surface area contributed by atoms with E-state index in [2.05, 4.69) is 22.4 Å². The summed E-state index contributed by atoms with van der Waals surface area (Å²) in [6.45, 7) is 1.50. The summed E-state index contributed by atoms with van der Waals surface area (Å²) in [7, 11) is 0. The van der Waals surface area contributed by atoms with Crippen molar-refractivity contribution < 1.29 is 58.8 Å². The second-order valence-corrected chi connectivity index (χ2v) is 8.43. The van der Waals surface area contributed by atoms with Gasteiger partial charge in [-0.05, 0) is 60.2 Å². The molecular weight excluding hydrogens is 627 g/mol. The molecule has 3 N–H and O–H groups in total. The summed E-state index contributed by atoms with van der Waals surface area (Å²) in [6.07, 6.45) is 0.839. The molecule has 1 aliphatic rings. The average Bonchev–Trinajstić information content (AvgIpc) is 3.51. The molecule has 0 bridgehead atoms. The van der Waals surface area contributed by atoms with Crippen molar-refractivity contribution >= 4 is 28.3 Å². The Morgan fingerprint density at radius 3 is 2.55 bits per heavy atom. The minimum Gasteiger partial charge on any atom is -0.392 e. The van der Waals surface area contributed by atoms with Gasteiger partial charge in [0, 0.05) is 77.8 Å². The third kappa shape index (κ3) is 4.99. The summed E-state index contributed by atoms with van der Waals surface area (Å²) in [5.41, 5.74) is 5.75. The number of anilines is 1. The molecule has 2 unspecified atom stereocenters. The smallest absolute Gasteiger partial charge is 0.228 e. The number of nitrogens with one attached hydrogen (secondary N) is 2. The number of amides is 1. The minimum absolute atomic E-state index is 0. The quantitative estimate of drug-likeness (QED) is 0.249. The van der Waals surface area contributed by atoms with Crippen LogP contribution in [0.25, 0.3) is 22.2 Å². The van der Waals surface area contributed by atoms with Crippen molar-refractivity contribution in [3.8, 4) is 11.3 Å². The Hall–Kier alpha value is -2.26. The summed E-state index contributed by atoms with van der Waals surface area (Å²) in [6, 6.07) is 23.3. The summed E-state index contributed by atoms with van der Waals surface area (Å²) < 4.78 is 0. The van der Waals surface area contributed by atoms with E-state index in [1.165, 1.54) is 12.5 Å². The van der Waals surface area contributed by atoms with Gasteiger partial charge in [0.05, 0.1) is 6.61 Å². The van der Waals surface area contributed by atoms with E-state index in [-0.39, 0.29) is 74.2 Å². The number of aliphatic hydroxyl groups is 1. The number of rotatable bonds is 6. The number of aromatic nitrogens is 1. The molecule has 5 rings (SSSR count). The van der Waals surface area contributed by atoms with Crippen LogP contribution in [-0.2, 0) is 11.4 Å². The zero-order chi connectivity index (χ0) is 22.2. The molecule has 4 aromatic rings. The number of hydrogen-bond acceptors (Lipinski definition) is 3. The van der Waals surface area contributed by atoms with E-state index >= 15 is 0 Å². The van der Waals surface area contributed by atoms with E-state index < -0.39 is 0 Å². The van der Waals surface area contributed by atoms with Gasteiger partial charge in [-0.15, -0.1) is 0 Å². The number of aromatic amines is 1. The van der Waals surface area contributed by atoms with Crippen molar-refractivity contribution in [3.05, 3.63) is 89.5 Å². The van der Waals surface area contributed by atoms with Gasteiger partial charge in [0.2, 0.25) is 5.91 Å². The summed E-state index contributed by atoms with van der Waals surface area (Å²) in [5.74, 6) is 0.127. The van der Waals surface area contributed by atoms with E-state index in [0.717, 1.165) is 34.1 Å². The first-order valence-corrected chi connectivity index (χ1v) is 10.8. The van der Waals surface area contributed by atoms with Gasteiger partial charge in [0.15, 0.2) is 5.78 Å². The molecule has 1 fully saturated rings. The first kappa shape index (κ1) is 23.9. The van der Waals surface area contributed by atoms with Crippen LogP contribution in [0.1, 0.15) is 40.7 Å². The predicted octanol–water partition coefficient (Wildman–Crippen LogP) is 5.27. The Balaban J connectivity index is 0.00000259. The number of ketones is 1. The molecule has 6 heteroatoms. The average molecular weight is 652 g/mol. The molecular formula is C27H24AcN2O3. The number of carbonyl (C=O) groups is 2. The Bertz CT molecular complexity index is 1330. The summed E-state index contributed by atoms with van der Waals surface area (Å²) >= 11 is 0. The van der Waals surface area contributed by atoms with Crippen LogP contribution in [0.3, 0.4) is 0 Å². The van der Waals surface area contributed by atoms with Crippen LogP contribution in [0, 0.1) is 50.0 Å². The Kier molecular flexibility index (Phi) is 7.19. The Morgan fingerprint density at radius 1 is 1.03 bits per heavy atom. The van der Waals surface area contributed by atoms with Crippen molar-refractivity contribution in [2.75, 3.05) is 5.32 Å². The zero-order valence-electron chi connectivity index (χ0n) is 18.3. The molecule has 2 atom stereocenters. The molecule has 0 spiro atoms. The Labute approximate surface area is 228 Å². The molecule has 1 heterocycles. The number of hydrogen-bond donors (Lipinski definition) is 3. The fraction of sp³-hybridized carbons (Fsp3) is 0.185. The number of aliphatic hydroxyl groups excluding tert-OH is 1. The molecule has 163 valence electrons. The normalized spacial score (nSPS) is 16.8. The van der Waals surface area contributed by atoms with Gasteiger partial charge in [-0.25, -0.2) is 0 Å². The van der Waals surface area contributed by atoms with Gasteiger partial charge in [-0.2, -0.15) is 0 Å². The van der Waals surface area contributed by atoms with Crippen LogP contribution >= 0.6 is 0 Å². The fourth-order valence-electron chi connectivity index (χ4n) is 4.38. The van der Waals surface area contributed by atoms with Gasteiger partial charge < -0.3 is 15.4 Å². The van der Waals surface area contributed by atoms with Gasteiger partial charge in [0.25, 0.3) is 0 Å². The molecule has 0 aliphatic heterocycles. The predicted molar refractivity (Wildman–Crippen MR) is 126 cm³/mol. The van der Waals surface area contributed by atoms with Crippen LogP contribution < -0.4 is 5.32 Å². The van der Waals surface area contributed by atoms with Crippen molar-refractivity contribution in [1.82, 2.24) is 4.98 Å². The van der Waals surface area contributed by atoms with Crippen LogP contribution in [0.5, 0.6) is 0 Å². The fourth-order valence-corrected chi connectivity index (χ4v) is 4.38. The number of fused-ring (bicyclic) bond motifs is 1. The van der Waals surface area contributed by atoms with Crippen molar-refractivity contribution in [1.29, 1.82) is 0 Å². The van der Waals surface area contributed by atoms with Gasteiger partial charge in [0.1, 0.15) is 0 Å². The molecule has 1 aliphatic carbocycles. The maximum atomic E-state index is 12.8. The third-order valence-corrected chi connectivity index (χ3v) is 6.16. The minimum atomic E-state index is -0.0608. The summed E-state index contributed by atoms with van der Waals surface area (Å²) in [5, 5.41) is 13.3. The van der Waals surface area contributed by atoms with E-state index in [4.69, 9.17) is 0 Å². The SMILES string of the molecule is CC(=O)c1cc(NC(=O)C2CC2c2ccccc2)cc2[nH]c(-c3cccc(CO)c3)cc12.[Ac]. The second kappa shape index (κ2) is 9.93. The first-order chi connectivity index (χ1) is 15.5. The summed E-state index contributed by atoms with van der Waals surface area (Å²) in [4.78, 5) is 28.6. The molecule has 33 heavy (non-hydrogen) atoms. The number of H-pyrrole nitrogens is 1. The molecule has 3 aromatic carbocycles. The topological polar surface area (TPSA) is 82.2 Å². The maximum absolute atomic E-state index is 12.8. The maximum Gasteiger partial charge on any atom is 0.228 e. The van der Waals surface area contributed by atoms with Crippen LogP contribution in [0.4, 0.5) is 5.69 Å². The largest absolute Gasteiger partial charge is 0.392 e. The monoisotopic (exact) mass is 651 g/mol. The van der Waals surface area contributed by atoms with Gasteiger partial charge in [-0.3, -0.25) is 9.59 Å².